The van der Waals surface area contributed by atoms with Gasteiger partial charge in [0.1, 0.15) is 0 Å². The molecule has 17 heavy (non-hydrogen) atoms. The summed E-state index contributed by atoms with van der Waals surface area (Å²) < 4.78 is 5.01. The molecule has 0 bridgehead atoms. The number of aliphatic hydroxyl groups excluding tert-OH is 1. The molecule has 4 heteroatoms. The van der Waals surface area contributed by atoms with E-state index in [1.807, 2.05) is 18.2 Å². The lowest BCUT2D eigenvalue weighted by Crippen LogP contribution is -2.20. The summed E-state index contributed by atoms with van der Waals surface area (Å²) in [5, 5.41) is 12.6. The SMILES string of the molecule is OCC(CNc1ccncc1)Cc1ccoc1. The Labute approximate surface area is 100 Å². The highest BCUT2D eigenvalue weighted by atomic mass is 16.3. The molecule has 0 aliphatic rings. The van der Waals surface area contributed by atoms with Gasteiger partial charge in [-0.15, -0.1) is 0 Å². The number of pyridine rings is 1. The molecule has 0 saturated heterocycles. The van der Waals surface area contributed by atoms with Crippen molar-refractivity contribution < 1.29 is 9.52 Å². The summed E-state index contributed by atoms with van der Waals surface area (Å²) in [7, 11) is 0. The predicted octanol–water partition coefficient (Wildman–Crippen LogP) is 1.94. The molecule has 1 atom stereocenters. The van der Waals surface area contributed by atoms with Crippen molar-refractivity contribution >= 4 is 5.69 Å². The number of nitrogens with one attached hydrogen (secondary N) is 1. The van der Waals surface area contributed by atoms with Crippen LogP contribution in [0.15, 0.2) is 47.5 Å². The first-order chi connectivity index (χ1) is 8.38. The second-order valence-electron chi connectivity index (χ2n) is 4.00. The van der Waals surface area contributed by atoms with Crippen LogP contribution in [0.1, 0.15) is 5.56 Å². The van der Waals surface area contributed by atoms with E-state index in [1.165, 1.54) is 0 Å². The van der Waals surface area contributed by atoms with Crippen LogP contribution in [-0.2, 0) is 6.42 Å². The zero-order valence-corrected chi connectivity index (χ0v) is 9.54. The van der Waals surface area contributed by atoms with Crippen LogP contribution in [0.25, 0.3) is 0 Å². The normalized spacial score (nSPS) is 12.3. The number of anilines is 1. The second-order valence-corrected chi connectivity index (χ2v) is 4.00. The van der Waals surface area contributed by atoms with Crippen molar-refractivity contribution in [1.29, 1.82) is 0 Å². The number of hydrogen-bond acceptors (Lipinski definition) is 4. The van der Waals surface area contributed by atoms with E-state index in [4.69, 9.17) is 4.42 Å². The fourth-order valence-electron chi connectivity index (χ4n) is 1.68. The molecule has 4 nitrogen and oxygen atoms in total. The van der Waals surface area contributed by atoms with Gasteiger partial charge in [0.25, 0.3) is 0 Å². The molecule has 0 aromatic carbocycles. The van der Waals surface area contributed by atoms with Crippen molar-refractivity contribution in [2.45, 2.75) is 6.42 Å². The van der Waals surface area contributed by atoms with Gasteiger partial charge < -0.3 is 14.8 Å². The molecule has 0 aliphatic carbocycles. The molecule has 2 rings (SSSR count). The smallest absolute Gasteiger partial charge is 0.0934 e. The van der Waals surface area contributed by atoms with E-state index < -0.39 is 0 Å². The van der Waals surface area contributed by atoms with E-state index in [2.05, 4.69) is 10.3 Å². The van der Waals surface area contributed by atoms with Crippen molar-refractivity contribution in [3.8, 4) is 0 Å². The van der Waals surface area contributed by atoms with Crippen molar-refractivity contribution in [1.82, 2.24) is 4.98 Å². The first-order valence-corrected chi connectivity index (χ1v) is 5.64. The lowest BCUT2D eigenvalue weighted by molar-refractivity contribution is 0.232. The molecule has 2 N–H and O–H groups in total. The minimum absolute atomic E-state index is 0.156. The Morgan fingerprint density at radius 3 is 2.76 bits per heavy atom. The Bertz CT molecular complexity index is 414. The van der Waals surface area contributed by atoms with Crippen LogP contribution >= 0.6 is 0 Å². The Hall–Kier alpha value is -1.81. The zero-order chi connectivity index (χ0) is 11.9. The van der Waals surface area contributed by atoms with Crippen molar-refractivity contribution in [3.63, 3.8) is 0 Å². The average molecular weight is 232 g/mol. The van der Waals surface area contributed by atoms with Crippen LogP contribution in [0.5, 0.6) is 0 Å². The van der Waals surface area contributed by atoms with E-state index in [1.54, 1.807) is 24.9 Å². The van der Waals surface area contributed by atoms with Crippen LogP contribution in [0.2, 0.25) is 0 Å². The molecule has 0 amide bonds. The maximum Gasteiger partial charge on any atom is 0.0934 e. The first kappa shape index (κ1) is 11.7. The molecule has 2 aromatic rings. The summed E-state index contributed by atoms with van der Waals surface area (Å²) in [4.78, 5) is 3.95. The Morgan fingerprint density at radius 2 is 2.12 bits per heavy atom. The summed E-state index contributed by atoms with van der Waals surface area (Å²) in [6.07, 6.45) is 7.67. The summed E-state index contributed by atoms with van der Waals surface area (Å²) in [5.41, 5.74) is 2.13. The quantitative estimate of drug-likeness (QED) is 0.799. The number of aromatic nitrogens is 1. The second kappa shape index (κ2) is 6.06. The van der Waals surface area contributed by atoms with Gasteiger partial charge in [0.2, 0.25) is 0 Å². The lowest BCUT2D eigenvalue weighted by atomic mass is 10.0. The van der Waals surface area contributed by atoms with Crippen LogP contribution in [0.3, 0.4) is 0 Å². The third kappa shape index (κ3) is 3.60. The highest BCUT2D eigenvalue weighted by Gasteiger charge is 2.09. The number of nitrogens with zero attached hydrogens (tertiary/aromatic N) is 1. The highest BCUT2D eigenvalue weighted by Crippen LogP contribution is 2.11. The van der Waals surface area contributed by atoms with Gasteiger partial charge in [-0.2, -0.15) is 0 Å². The van der Waals surface area contributed by atoms with Crippen molar-refractivity contribution in [2.75, 3.05) is 18.5 Å². The highest BCUT2D eigenvalue weighted by molar-refractivity contribution is 5.40. The Balaban J connectivity index is 1.84. The standard InChI is InChI=1S/C13H16N2O2/c16-9-12(7-11-3-6-17-10-11)8-15-13-1-4-14-5-2-13/h1-6,10,12,16H,7-9H2,(H,14,15). The van der Waals surface area contributed by atoms with E-state index in [0.717, 1.165) is 24.2 Å². The lowest BCUT2D eigenvalue weighted by Gasteiger charge is -2.14. The molecule has 2 aromatic heterocycles. The van der Waals surface area contributed by atoms with Gasteiger partial charge in [-0.05, 0) is 30.2 Å². The third-order valence-corrected chi connectivity index (χ3v) is 2.64. The van der Waals surface area contributed by atoms with Gasteiger partial charge in [-0.25, -0.2) is 0 Å². The molecule has 2 heterocycles. The molecular weight excluding hydrogens is 216 g/mol. The average Bonchev–Trinajstić information content (AvgIpc) is 2.88. The molecule has 0 fully saturated rings. The first-order valence-electron chi connectivity index (χ1n) is 5.64. The summed E-state index contributed by atoms with van der Waals surface area (Å²) >= 11 is 0. The van der Waals surface area contributed by atoms with Crippen LogP contribution in [0.4, 0.5) is 5.69 Å². The van der Waals surface area contributed by atoms with Gasteiger partial charge in [0, 0.05) is 37.2 Å². The maximum atomic E-state index is 9.32. The van der Waals surface area contributed by atoms with Crippen LogP contribution in [0, 0.1) is 5.92 Å². The molecule has 90 valence electrons. The van der Waals surface area contributed by atoms with E-state index >= 15 is 0 Å². The summed E-state index contributed by atoms with van der Waals surface area (Å²) in [6.45, 7) is 0.884. The molecule has 0 spiro atoms. The van der Waals surface area contributed by atoms with Crippen LogP contribution < -0.4 is 5.32 Å². The molecule has 0 aliphatic heterocycles. The number of hydrogen-bond donors (Lipinski definition) is 2. The topological polar surface area (TPSA) is 58.3 Å². The van der Waals surface area contributed by atoms with Gasteiger partial charge in [-0.1, -0.05) is 0 Å². The predicted molar refractivity (Wildman–Crippen MR) is 65.7 cm³/mol. The molecule has 0 saturated carbocycles. The van der Waals surface area contributed by atoms with Crippen molar-refractivity contribution in [2.24, 2.45) is 5.92 Å². The number of rotatable bonds is 6. The van der Waals surface area contributed by atoms with Gasteiger partial charge in [0.05, 0.1) is 12.5 Å². The number of aliphatic hydroxyl groups is 1. The van der Waals surface area contributed by atoms with Crippen molar-refractivity contribution in [3.05, 3.63) is 48.7 Å². The Kier molecular flexibility index (Phi) is 4.16. The largest absolute Gasteiger partial charge is 0.472 e. The summed E-state index contributed by atoms with van der Waals surface area (Å²) in [5.74, 6) is 0.181. The fraction of sp³-hybridized carbons (Fsp3) is 0.308. The van der Waals surface area contributed by atoms with Gasteiger partial charge >= 0.3 is 0 Å². The number of furan rings is 1. The van der Waals surface area contributed by atoms with E-state index in [0.29, 0.717) is 0 Å². The monoisotopic (exact) mass is 232 g/mol. The minimum atomic E-state index is 0.156. The molecule has 0 radical (unpaired) electrons. The van der Waals surface area contributed by atoms with Gasteiger partial charge in [-0.3, -0.25) is 4.98 Å². The van der Waals surface area contributed by atoms with Crippen LogP contribution in [-0.4, -0.2) is 23.2 Å². The third-order valence-electron chi connectivity index (χ3n) is 2.64. The zero-order valence-electron chi connectivity index (χ0n) is 9.54. The molecular formula is C13H16N2O2. The maximum absolute atomic E-state index is 9.32. The van der Waals surface area contributed by atoms with E-state index in [9.17, 15) is 5.11 Å². The molecule has 1 unspecified atom stereocenters. The van der Waals surface area contributed by atoms with Gasteiger partial charge in [0.15, 0.2) is 0 Å². The fourth-order valence-corrected chi connectivity index (χ4v) is 1.68. The minimum Gasteiger partial charge on any atom is -0.472 e. The summed E-state index contributed by atoms with van der Waals surface area (Å²) in [6, 6.07) is 5.74. The Morgan fingerprint density at radius 1 is 1.29 bits per heavy atom. The van der Waals surface area contributed by atoms with E-state index in [-0.39, 0.29) is 12.5 Å².